The zero-order valence-electron chi connectivity index (χ0n) is 16.0. The van der Waals surface area contributed by atoms with Crippen LogP contribution in [0.5, 0.6) is 5.75 Å². The lowest BCUT2D eigenvalue weighted by Gasteiger charge is -2.34. The summed E-state index contributed by atoms with van der Waals surface area (Å²) in [5.74, 6) is 1.29. The van der Waals surface area contributed by atoms with E-state index in [4.69, 9.17) is 20.8 Å². The molecule has 0 aliphatic carbocycles. The maximum Gasteiger partial charge on any atom is 0.258 e. The Kier molecular flexibility index (Phi) is 6.17. The van der Waals surface area contributed by atoms with Crippen molar-refractivity contribution in [2.75, 3.05) is 19.7 Å². The van der Waals surface area contributed by atoms with Crippen LogP contribution >= 0.6 is 11.6 Å². The first-order chi connectivity index (χ1) is 14.2. The van der Waals surface area contributed by atoms with Gasteiger partial charge in [-0.2, -0.15) is 0 Å². The third-order valence-corrected chi connectivity index (χ3v) is 5.40. The van der Waals surface area contributed by atoms with E-state index in [1.165, 1.54) is 11.1 Å². The molecule has 0 spiro atoms. The zero-order valence-corrected chi connectivity index (χ0v) is 16.8. The Hall–Kier alpha value is -2.76. The molecule has 3 aromatic rings. The average Bonchev–Trinajstić information content (AvgIpc) is 3.28. The van der Waals surface area contributed by atoms with Gasteiger partial charge in [-0.05, 0) is 53.9 Å². The van der Waals surface area contributed by atoms with Crippen molar-refractivity contribution in [3.05, 3.63) is 88.8 Å². The van der Waals surface area contributed by atoms with Crippen molar-refractivity contribution in [3.8, 4) is 5.75 Å². The number of ether oxygens (including phenoxy) is 1. The largest absolute Gasteiger partial charge is 0.484 e. The zero-order chi connectivity index (χ0) is 20.1. The van der Waals surface area contributed by atoms with E-state index in [1.54, 1.807) is 30.5 Å². The van der Waals surface area contributed by atoms with Gasteiger partial charge in [0.1, 0.15) is 11.5 Å². The molecule has 4 rings (SSSR count). The minimum atomic E-state index is -0.172. The monoisotopic (exact) mass is 410 g/mol. The normalized spacial score (nSPS) is 14.8. The van der Waals surface area contributed by atoms with Crippen LogP contribution in [-0.2, 0) is 17.8 Å². The van der Waals surface area contributed by atoms with Gasteiger partial charge in [0.05, 0.1) is 12.3 Å². The minimum Gasteiger partial charge on any atom is -0.484 e. The summed E-state index contributed by atoms with van der Waals surface area (Å²) in [6, 6.07) is 19.3. The van der Waals surface area contributed by atoms with Crippen molar-refractivity contribution < 1.29 is 13.9 Å². The molecule has 1 amide bonds. The van der Waals surface area contributed by atoms with Crippen LogP contribution in [0.15, 0.2) is 71.3 Å². The fourth-order valence-electron chi connectivity index (χ4n) is 3.62. The summed E-state index contributed by atoms with van der Waals surface area (Å²) in [5.41, 5.74) is 2.72. The number of hydrogen-bond acceptors (Lipinski definition) is 4. The summed E-state index contributed by atoms with van der Waals surface area (Å²) in [4.78, 5) is 14.7. The number of nitrogens with one attached hydrogen (secondary N) is 1. The van der Waals surface area contributed by atoms with Crippen LogP contribution in [0.1, 0.15) is 22.9 Å². The highest BCUT2D eigenvalue weighted by atomic mass is 35.5. The Labute approximate surface area is 175 Å². The van der Waals surface area contributed by atoms with Crippen LogP contribution in [0.25, 0.3) is 0 Å². The molecule has 1 aromatic heterocycles. The third-order valence-electron chi connectivity index (χ3n) is 5.15. The van der Waals surface area contributed by atoms with Gasteiger partial charge in [0.15, 0.2) is 6.61 Å². The summed E-state index contributed by atoms with van der Waals surface area (Å²) in [6.07, 6.45) is 2.66. The van der Waals surface area contributed by atoms with Crippen LogP contribution in [0, 0.1) is 0 Å². The summed E-state index contributed by atoms with van der Waals surface area (Å²) >= 11 is 5.86. The van der Waals surface area contributed by atoms with Crippen molar-refractivity contribution in [2.24, 2.45) is 0 Å². The van der Waals surface area contributed by atoms with Gasteiger partial charge in [0.2, 0.25) is 0 Å². The van der Waals surface area contributed by atoms with E-state index in [-0.39, 0.29) is 18.6 Å². The second kappa shape index (κ2) is 9.16. The van der Waals surface area contributed by atoms with E-state index >= 15 is 0 Å². The van der Waals surface area contributed by atoms with Crippen LogP contribution in [0.2, 0.25) is 5.02 Å². The Bertz CT molecular complexity index is 941. The van der Waals surface area contributed by atoms with E-state index in [2.05, 4.69) is 34.5 Å². The summed E-state index contributed by atoms with van der Waals surface area (Å²) in [5, 5.41) is 3.61. The van der Waals surface area contributed by atoms with Gasteiger partial charge in [-0.25, -0.2) is 0 Å². The van der Waals surface area contributed by atoms with Crippen LogP contribution in [-0.4, -0.2) is 30.5 Å². The number of hydrogen-bond donors (Lipinski definition) is 1. The van der Waals surface area contributed by atoms with Gasteiger partial charge >= 0.3 is 0 Å². The Balaban J connectivity index is 1.37. The van der Waals surface area contributed by atoms with Gasteiger partial charge in [-0.3, -0.25) is 9.69 Å². The molecular formula is C23H23ClN2O3. The SMILES string of the molecule is O=C(COc1ccc(Cl)cc1)NC[C@@H](c1ccco1)N1CCc2ccccc2C1. The summed E-state index contributed by atoms with van der Waals surface area (Å²) in [6.45, 7) is 2.16. The molecule has 0 bridgehead atoms. The highest BCUT2D eigenvalue weighted by molar-refractivity contribution is 6.30. The molecule has 1 atom stereocenters. The number of fused-ring (bicyclic) bond motifs is 1. The predicted octanol–water partition coefficient (Wildman–Crippen LogP) is 4.23. The number of carbonyl (C=O) groups excluding carboxylic acids is 1. The second-order valence-electron chi connectivity index (χ2n) is 7.07. The van der Waals surface area contributed by atoms with Crippen molar-refractivity contribution >= 4 is 17.5 Å². The molecule has 150 valence electrons. The summed E-state index contributed by atoms with van der Waals surface area (Å²) in [7, 11) is 0. The molecule has 0 radical (unpaired) electrons. The molecule has 1 aliphatic rings. The number of nitrogens with zero attached hydrogens (tertiary/aromatic N) is 1. The lowest BCUT2D eigenvalue weighted by atomic mass is 9.98. The van der Waals surface area contributed by atoms with Gasteiger partial charge in [0.25, 0.3) is 5.91 Å². The van der Waals surface area contributed by atoms with E-state index in [0.29, 0.717) is 17.3 Å². The maximum atomic E-state index is 12.3. The smallest absolute Gasteiger partial charge is 0.258 e. The van der Waals surface area contributed by atoms with E-state index in [1.807, 2.05) is 12.1 Å². The minimum absolute atomic E-state index is 0.0298. The molecule has 0 fully saturated rings. The molecule has 6 heteroatoms. The maximum absolute atomic E-state index is 12.3. The highest BCUT2D eigenvalue weighted by Crippen LogP contribution is 2.27. The molecule has 1 N–H and O–H groups in total. The number of rotatable bonds is 7. The molecule has 0 unspecified atom stereocenters. The summed E-state index contributed by atoms with van der Waals surface area (Å²) < 4.78 is 11.2. The lowest BCUT2D eigenvalue weighted by Crippen LogP contribution is -2.41. The van der Waals surface area contributed by atoms with E-state index in [0.717, 1.165) is 25.3 Å². The Morgan fingerprint density at radius 3 is 2.66 bits per heavy atom. The molecule has 2 aromatic carbocycles. The van der Waals surface area contributed by atoms with Crippen molar-refractivity contribution in [1.29, 1.82) is 0 Å². The fraction of sp³-hybridized carbons (Fsp3) is 0.261. The van der Waals surface area contributed by atoms with Crippen LogP contribution in [0.3, 0.4) is 0 Å². The topological polar surface area (TPSA) is 54.7 Å². The first-order valence-electron chi connectivity index (χ1n) is 9.68. The molecule has 0 saturated heterocycles. The number of amides is 1. The predicted molar refractivity (Wildman–Crippen MR) is 112 cm³/mol. The van der Waals surface area contributed by atoms with Gasteiger partial charge in [-0.1, -0.05) is 35.9 Å². The fourth-order valence-corrected chi connectivity index (χ4v) is 3.74. The molecule has 29 heavy (non-hydrogen) atoms. The second-order valence-corrected chi connectivity index (χ2v) is 7.50. The Morgan fingerprint density at radius 2 is 1.90 bits per heavy atom. The molecule has 1 aliphatic heterocycles. The average molecular weight is 411 g/mol. The number of carbonyl (C=O) groups is 1. The first-order valence-corrected chi connectivity index (χ1v) is 10.1. The molecular weight excluding hydrogens is 388 g/mol. The van der Waals surface area contributed by atoms with E-state index < -0.39 is 0 Å². The number of furan rings is 1. The van der Waals surface area contributed by atoms with Crippen molar-refractivity contribution in [3.63, 3.8) is 0 Å². The van der Waals surface area contributed by atoms with E-state index in [9.17, 15) is 4.79 Å². The first kappa shape index (κ1) is 19.6. The van der Waals surface area contributed by atoms with Gasteiger partial charge < -0.3 is 14.5 Å². The van der Waals surface area contributed by atoms with Crippen LogP contribution in [0.4, 0.5) is 0 Å². The molecule has 5 nitrogen and oxygen atoms in total. The van der Waals surface area contributed by atoms with Crippen molar-refractivity contribution in [1.82, 2.24) is 10.2 Å². The highest BCUT2D eigenvalue weighted by Gasteiger charge is 2.27. The van der Waals surface area contributed by atoms with Gasteiger partial charge in [0, 0.05) is 24.7 Å². The Morgan fingerprint density at radius 1 is 1.10 bits per heavy atom. The van der Waals surface area contributed by atoms with Gasteiger partial charge in [-0.15, -0.1) is 0 Å². The van der Waals surface area contributed by atoms with Crippen molar-refractivity contribution in [2.45, 2.75) is 19.0 Å². The number of benzene rings is 2. The molecule has 0 saturated carbocycles. The molecule has 2 heterocycles. The third kappa shape index (κ3) is 5.00. The quantitative estimate of drug-likeness (QED) is 0.633. The number of halogens is 1. The van der Waals surface area contributed by atoms with Crippen LogP contribution < -0.4 is 10.1 Å². The lowest BCUT2D eigenvalue weighted by molar-refractivity contribution is -0.123. The standard InChI is InChI=1S/C23H23ClN2O3/c24-19-7-9-20(10-8-19)29-16-23(27)25-14-21(22-6-3-13-28-22)26-12-11-17-4-1-2-5-18(17)15-26/h1-10,13,21H,11-12,14-16H2,(H,25,27)/t21-/m0/s1.